The Kier molecular flexibility index (Phi) is 4.63. The smallest absolute Gasteiger partial charge is 0.267 e. The fourth-order valence-corrected chi connectivity index (χ4v) is 3.72. The van der Waals surface area contributed by atoms with Crippen molar-refractivity contribution >= 4 is 33.1 Å². The van der Waals surface area contributed by atoms with Gasteiger partial charge >= 0.3 is 0 Å². The number of nitrogens with one attached hydrogen (secondary N) is 1. The zero-order valence-corrected chi connectivity index (χ0v) is 15.2. The van der Waals surface area contributed by atoms with Crippen LogP contribution >= 0.6 is 11.3 Å². The summed E-state index contributed by atoms with van der Waals surface area (Å²) in [6.07, 6.45) is 0.758. The van der Waals surface area contributed by atoms with Crippen LogP contribution in [-0.4, -0.2) is 15.6 Å². The van der Waals surface area contributed by atoms with E-state index in [1.54, 1.807) is 16.7 Å². The third kappa shape index (κ3) is 2.93. The molecule has 0 unspecified atom stereocenters. The number of carbonyl (C=O) groups is 1. The lowest BCUT2D eigenvalue weighted by Crippen LogP contribution is -2.29. The molecule has 3 aromatic rings. The van der Waals surface area contributed by atoms with Crippen LogP contribution in [-0.2, 0) is 6.54 Å². The first-order chi connectivity index (χ1) is 12.0. The summed E-state index contributed by atoms with van der Waals surface area (Å²) in [5, 5.41) is 15.1. The quantitative estimate of drug-likeness (QED) is 0.741. The van der Waals surface area contributed by atoms with Gasteiger partial charge in [0.1, 0.15) is 5.56 Å². The highest BCUT2D eigenvalue weighted by Gasteiger charge is 2.23. The van der Waals surface area contributed by atoms with Gasteiger partial charge in [-0.2, -0.15) is 0 Å². The largest absolute Gasteiger partial charge is 0.505 e. The number of amides is 1. The summed E-state index contributed by atoms with van der Waals surface area (Å²) < 4.78 is 2.11. The molecule has 25 heavy (non-hydrogen) atoms. The lowest BCUT2D eigenvalue weighted by atomic mass is 10.1. The van der Waals surface area contributed by atoms with Crippen molar-refractivity contribution in [1.29, 1.82) is 0 Å². The van der Waals surface area contributed by atoms with Gasteiger partial charge in [-0.3, -0.25) is 9.59 Å². The first-order valence-electron chi connectivity index (χ1n) is 8.16. The van der Waals surface area contributed by atoms with Crippen LogP contribution in [0.3, 0.4) is 0 Å². The van der Waals surface area contributed by atoms with Crippen LogP contribution in [0.5, 0.6) is 5.75 Å². The number of fused-ring (bicyclic) bond motifs is 1. The molecule has 5 nitrogen and oxygen atoms in total. The number of aromatic nitrogens is 1. The maximum atomic E-state index is 12.8. The Morgan fingerprint density at radius 3 is 2.76 bits per heavy atom. The second-order valence-electron chi connectivity index (χ2n) is 6.02. The van der Waals surface area contributed by atoms with Crippen LogP contribution in [0.1, 0.15) is 34.8 Å². The average Bonchev–Trinajstić information content (AvgIpc) is 3.06. The van der Waals surface area contributed by atoms with E-state index in [-0.39, 0.29) is 11.3 Å². The molecule has 2 aromatic heterocycles. The zero-order chi connectivity index (χ0) is 18.1. The molecule has 6 heteroatoms. The number of thiophene rings is 1. The minimum absolute atomic E-state index is 0.204. The number of pyridine rings is 1. The molecule has 0 aliphatic carbocycles. The van der Waals surface area contributed by atoms with E-state index in [2.05, 4.69) is 5.32 Å². The number of aryl methyl sites for hydroxylation is 2. The molecule has 2 N–H and O–H groups in total. The van der Waals surface area contributed by atoms with Crippen molar-refractivity contribution in [3.63, 3.8) is 0 Å². The number of hydrogen-bond donors (Lipinski definition) is 2. The maximum absolute atomic E-state index is 12.8. The van der Waals surface area contributed by atoms with Crippen LogP contribution in [0.2, 0.25) is 0 Å². The van der Waals surface area contributed by atoms with Gasteiger partial charge in [-0.15, -0.1) is 11.3 Å². The van der Waals surface area contributed by atoms with Crippen LogP contribution in [0, 0.1) is 13.8 Å². The van der Waals surface area contributed by atoms with Crippen molar-refractivity contribution in [1.82, 2.24) is 4.57 Å². The van der Waals surface area contributed by atoms with Gasteiger partial charge in [0.2, 0.25) is 0 Å². The van der Waals surface area contributed by atoms with Crippen LogP contribution in [0.15, 0.2) is 34.4 Å². The van der Waals surface area contributed by atoms with E-state index in [0.29, 0.717) is 22.4 Å². The molecule has 0 bridgehead atoms. The van der Waals surface area contributed by atoms with Gasteiger partial charge in [0, 0.05) is 12.2 Å². The standard InChI is InChI=1S/C19H20N2O3S/c1-4-9-21-14-8-10-25-17(14)16(22)15(19(21)24)18(23)20-13-7-5-6-11(2)12(13)3/h5-8,10,22H,4,9H2,1-3H3,(H,20,23). The molecule has 130 valence electrons. The summed E-state index contributed by atoms with van der Waals surface area (Å²) in [5.41, 5.74) is 2.60. The van der Waals surface area contributed by atoms with E-state index in [1.807, 2.05) is 38.3 Å². The fourth-order valence-electron chi connectivity index (χ4n) is 2.87. The Morgan fingerprint density at radius 1 is 1.28 bits per heavy atom. The Hall–Kier alpha value is -2.60. The number of hydrogen-bond acceptors (Lipinski definition) is 4. The Bertz CT molecular complexity index is 1020. The summed E-state index contributed by atoms with van der Waals surface area (Å²) in [6.45, 7) is 6.32. The van der Waals surface area contributed by atoms with Crippen molar-refractivity contribution < 1.29 is 9.90 Å². The summed E-state index contributed by atoms with van der Waals surface area (Å²) in [6, 6.07) is 7.37. The fraction of sp³-hybridized carbons (Fsp3) is 0.263. The van der Waals surface area contributed by atoms with Crippen molar-refractivity contribution in [2.45, 2.75) is 33.7 Å². The van der Waals surface area contributed by atoms with Crippen molar-refractivity contribution in [2.75, 3.05) is 5.32 Å². The molecular weight excluding hydrogens is 336 g/mol. The van der Waals surface area contributed by atoms with E-state index >= 15 is 0 Å². The highest BCUT2D eigenvalue weighted by Crippen LogP contribution is 2.31. The van der Waals surface area contributed by atoms with Crippen molar-refractivity contribution in [2.24, 2.45) is 0 Å². The molecule has 0 fully saturated rings. The van der Waals surface area contributed by atoms with E-state index < -0.39 is 11.5 Å². The molecule has 1 aromatic carbocycles. The molecule has 0 saturated carbocycles. The van der Waals surface area contributed by atoms with Gasteiger partial charge in [0.15, 0.2) is 5.75 Å². The first-order valence-corrected chi connectivity index (χ1v) is 9.04. The summed E-state index contributed by atoms with van der Waals surface area (Å²) >= 11 is 1.32. The lowest BCUT2D eigenvalue weighted by molar-refractivity contribution is 0.102. The Morgan fingerprint density at radius 2 is 2.04 bits per heavy atom. The molecule has 1 amide bonds. The molecule has 0 aliphatic heterocycles. The van der Waals surface area contributed by atoms with E-state index in [4.69, 9.17) is 0 Å². The maximum Gasteiger partial charge on any atom is 0.267 e. The van der Waals surface area contributed by atoms with Crippen molar-refractivity contribution in [3.05, 3.63) is 56.7 Å². The Labute approximate surface area is 149 Å². The van der Waals surface area contributed by atoms with E-state index in [0.717, 1.165) is 17.5 Å². The predicted molar refractivity (Wildman–Crippen MR) is 102 cm³/mol. The summed E-state index contributed by atoms with van der Waals surface area (Å²) in [4.78, 5) is 25.6. The normalized spacial score (nSPS) is 11.0. The van der Waals surface area contributed by atoms with E-state index in [9.17, 15) is 14.7 Å². The average molecular weight is 356 g/mol. The predicted octanol–water partition coefficient (Wildman–Crippen LogP) is 4.05. The SMILES string of the molecule is CCCn1c(=O)c(C(=O)Nc2cccc(C)c2C)c(O)c2sccc21. The number of aromatic hydroxyl groups is 1. The molecule has 0 atom stereocenters. The minimum Gasteiger partial charge on any atom is -0.505 e. The van der Waals surface area contributed by atoms with Gasteiger partial charge in [-0.25, -0.2) is 0 Å². The molecule has 0 saturated heterocycles. The highest BCUT2D eigenvalue weighted by molar-refractivity contribution is 7.17. The third-order valence-electron chi connectivity index (χ3n) is 4.37. The lowest BCUT2D eigenvalue weighted by Gasteiger charge is -2.13. The first kappa shape index (κ1) is 17.2. The van der Waals surface area contributed by atoms with Crippen molar-refractivity contribution in [3.8, 4) is 5.75 Å². The van der Waals surface area contributed by atoms with Gasteiger partial charge in [-0.05, 0) is 48.9 Å². The monoisotopic (exact) mass is 356 g/mol. The third-order valence-corrected chi connectivity index (χ3v) is 5.28. The van der Waals surface area contributed by atoms with Gasteiger partial charge in [-0.1, -0.05) is 19.1 Å². The van der Waals surface area contributed by atoms with Crippen LogP contribution in [0.4, 0.5) is 5.69 Å². The molecule has 3 rings (SSSR count). The molecule has 0 radical (unpaired) electrons. The van der Waals surface area contributed by atoms with Gasteiger partial charge in [0.25, 0.3) is 11.5 Å². The van der Waals surface area contributed by atoms with E-state index in [1.165, 1.54) is 11.3 Å². The minimum atomic E-state index is -0.587. The number of benzene rings is 1. The number of anilines is 1. The summed E-state index contributed by atoms with van der Waals surface area (Å²) in [5.74, 6) is -0.832. The second kappa shape index (κ2) is 6.72. The topological polar surface area (TPSA) is 71.3 Å². The van der Waals surface area contributed by atoms with Crippen LogP contribution < -0.4 is 10.9 Å². The summed E-state index contributed by atoms with van der Waals surface area (Å²) in [7, 11) is 0. The Balaban J connectivity index is 2.13. The number of nitrogens with zero attached hydrogens (tertiary/aromatic N) is 1. The zero-order valence-electron chi connectivity index (χ0n) is 14.4. The molecule has 0 spiro atoms. The van der Waals surface area contributed by atoms with Gasteiger partial charge < -0.3 is 15.0 Å². The molecular formula is C19H20N2O3S. The van der Waals surface area contributed by atoms with Gasteiger partial charge in [0.05, 0.1) is 10.2 Å². The molecule has 2 heterocycles. The number of carbonyl (C=O) groups excluding carboxylic acids is 1. The number of rotatable bonds is 4. The second-order valence-corrected chi connectivity index (χ2v) is 6.93. The molecule has 0 aliphatic rings. The highest BCUT2D eigenvalue weighted by atomic mass is 32.1. The van der Waals surface area contributed by atoms with Crippen LogP contribution in [0.25, 0.3) is 10.2 Å².